The Labute approximate surface area is 219 Å². The molecule has 0 radical (unpaired) electrons. The molecule has 0 spiro atoms. The van der Waals surface area contributed by atoms with Crippen molar-refractivity contribution in [3.8, 4) is 11.5 Å². The monoisotopic (exact) mass is 515 g/mol. The number of carbonyl (C=O) groups is 3. The van der Waals surface area contributed by atoms with Crippen LogP contribution in [0.25, 0.3) is 6.08 Å². The maximum atomic E-state index is 13.2. The maximum absolute atomic E-state index is 13.2. The second-order valence-electron chi connectivity index (χ2n) is 8.14. The van der Waals surface area contributed by atoms with Gasteiger partial charge >= 0.3 is 0 Å². The predicted molar refractivity (Wildman–Crippen MR) is 146 cm³/mol. The summed E-state index contributed by atoms with van der Waals surface area (Å²) in [4.78, 5) is 39.4. The molecule has 0 atom stereocenters. The van der Waals surface area contributed by atoms with E-state index < -0.39 is 11.8 Å². The number of para-hydroxylation sites is 1. The summed E-state index contributed by atoms with van der Waals surface area (Å²) >= 11 is 5.23. The second-order valence-corrected chi connectivity index (χ2v) is 8.53. The molecule has 8 nitrogen and oxygen atoms in total. The Morgan fingerprint density at radius 1 is 1.00 bits per heavy atom. The molecule has 1 saturated heterocycles. The molecule has 1 heterocycles. The first kappa shape index (κ1) is 25.6. The lowest BCUT2D eigenvalue weighted by Gasteiger charge is -2.28. The smallest absolute Gasteiger partial charge is 0.270 e. The van der Waals surface area contributed by atoms with Gasteiger partial charge in [-0.1, -0.05) is 36.4 Å². The molecule has 3 aromatic rings. The van der Waals surface area contributed by atoms with Gasteiger partial charge in [-0.25, -0.2) is 0 Å². The SMILES string of the molecule is CCOc1cc(/C=C2/C(=O)NC(=S)N(c3ccccc3)C2=O)ccc1OCC(=O)Nc1cccc(C)c1. The fourth-order valence-corrected chi connectivity index (χ4v) is 3.98. The summed E-state index contributed by atoms with van der Waals surface area (Å²) in [5.74, 6) is -0.714. The molecular formula is C28H25N3O5S. The molecule has 1 aliphatic rings. The van der Waals surface area contributed by atoms with Gasteiger partial charge in [0, 0.05) is 5.69 Å². The lowest BCUT2D eigenvalue weighted by atomic mass is 10.1. The molecule has 1 fully saturated rings. The summed E-state index contributed by atoms with van der Waals surface area (Å²) in [5, 5.41) is 5.37. The van der Waals surface area contributed by atoms with E-state index in [4.69, 9.17) is 21.7 Å². The Morgan fingerprint density at radius 3 is 2.51 bits per heavy atom. The van der Waals surface area contributed by atoms with Crippen molar-refractivity contribution in [2.75, 3.05) is 23.4 Å². The molecule has 4 rings (SSSR count). The van der Waals surface area contributed by atoms with Gasteiger partial charge in [0.15, 0.2) is 23.2 Å². The maximum Gasteiger partial charge on any atom is 0.270 e. The molecule has 1 aliphatic heterocycles. The van der Waals surface area contributed by atoms with Crippen molar-refractivity contribution in [1.82, 2.24) is 5.32 Å². The minimum Gasteiger partial charge on any atom is -0.490 e. The van der Waals surface area contributed by atoms with E-state index in [0.29, 0.717) is 35.0 Å². The van der Waals surface area contributed by atoms with Gasteiger partial charge < -0.3 is 14.8 Å². The van der Waals surface area contributed by atoms with E-state index in [-0.39, 0.29) is 23.2 Å². The van der Waals surface area contributed by atoms with Crippen molar-refractivity contribution in [2.45, 2.75) is 13.8 Å². The van der Waals surface area contributed by atoms with Crippen LogP contribution in [0, 0.1) is 6.92 Å². The first-order valence-electron chi connectivity index (χ1n) is 11.6. The molecule has 3 aromatic carbocycles. The summed E-state index contributed by atoms with van der Waals surface area (Å²) in [7, 11) is 0. The van der Waals surface area contributed by atoms with Crippen LogP contribution in [0.15, 0.2) is 78.4 Å². The number of rotatable bonds is 8. The van der Waals surface area contributed by atoms with E-state index in [0.717, 1.165) is 5.56 Å². The molecule has 0 unspecified atom stereocenters. The normalized spacial score (nSPS) is 14.4. The van der Waals surface area contributed by atoms with Crippen molar-refractivity contribution >= 4 is 52.5 Å². The summed E-state index contributed by atoms with van der Waals surface area (Å²) < 4.78 is 11.4. The topological polar surface area (TPSA) is 97.0 Å². The highest BCUT2D eigenvalue weighted by molar-refractivity contribution is 7.80. The van der Waals surface area contributed by atoms with Crippen molar-refractivity contribution in [3.63, 3.8) is 0 Å². The number of hydrogen-bond acceptors (Lipinski definition) is 6. The predicted octanol–water partition coefficient (Wildman–Crippen LogP) is 4.24. The third-order valence-electron chi connectivity index (χ3n) is 5.36. The van der Waals surface area contributed by atoms with Crippen LogP contribution < -0.4 is 25.0 Å². The largest absolute Gasteiger partial charge is 0.490 e. The van der Waals surface area contributed by atoms with Crippen molar-refractivity contribution in [2.24, 2.45) is 0 Å². The number of nitrogens with zero attached hydrogens (tertiary/aromatic N) is 1. The van der Waals surface area contributed by atoms with Crippen LogP contribution in [-0.4, -0.2) is 36.0 Å². The van der Waals surface area contributed by atoms with Crippen LogP contribution in [0.3, 0.4) is 0 Å². The third kappa shape index (κ3) is 6.20. The Hall–Kier alpha value is -4.50. The van der Waals surface area contributed by atoms with Gasteiger partial charge in [0.2, 0.25) is 0 Å². The average Bonchev–Trinajstić information content (AvgIpc) is 2.87. The van der Waals surface area contributed by atoms with E-state index >= 15 is 0 Å². The van der Waals surface area contributed by atoms with Gasteiger partial charge in [-0.3, -0.25) is 24.6 Å². The molecule has 2 N–H and O–H groups in total. The van der Waals surface area contributed by atoms with Crippen LogP contribution in [0.5, 0.6) is 11.5 Å². The van der Waals surface area contributed by atoms with Gasteiger partial charge in [-0.05, 0) is 79.7 Å². The number of anilines is 2. The van der Waals surface area contributed by atoms with Gasteiger partial charge in [-0.15, -0.1) is 0 Å². The standard InChI is InChI=1S/C28H25N3O5S/c1-3-35-24-16-19(12-13-23(24)36-17-25(32)29-20-9-7-8-18(2)14-20)15-22-26(33)30-28(37)31(27(22)34)21-10-5-4-6-11-21/h4-16H,3,17H2,1-2H3,(H,29,32)(H,30,33,37)/b22-15-. The highest BCUT2D eigenvalue weighted by Gasteiger charge is 2.34. The fourth-order valence-electron chi connectivity index (χ4n) is 3.70. The molecule has 0 saturated carbocycles. The minimum absolute atomic E-state index is 0.0149. The zero-order valence-corrected chi connectivity index (χ0v) is 21.1. The third-order valence-corrected chi connectivity index (χ3v) is 5.64. The number of ether oxygens (including phenoxy) is 2. The Balaban J connectivity index is 1.52. The summed E-state index contributed by atoms with van der Waals surface area (Å²) in [6.45, 7) is 3.88. The number of hydrogen-bond donors (Lipinski definition) is 2. The van der Waals surface area contributed by atoms with Gasteiger partial charge in [0.25, 0.3) is 17.7 Å². The Kier molecular flexibility index (Phi) is 7.95. The Morgan fingerprint density at radius 2 is 1.78 bits per heavy atom. The molecule has 0 bridgehead atoms. The Bertz CT molecular complexity index is 1390. The molecule has 0 aliphatic carbocycles. The number of thiocarbonyl (C=S) groups is 1. The molecule has 9 heteroatoms. The number of benzene rings is 3. The minimum atomic E-state index is -0.590. The zero-order valence-electron chi connectivity index (χ0n) is 20.3. The number of nitrogens with one attached hydrogen (secondary N) is 2. The van der Waals surface area contributed by atoms with E-state index in [1.807, 2.05) is 38.1 Å². The number of amides is 3. The van der Waals surface area contributed by atoms with E-state index in [1.165, 1.54) is 11.0 Å². The van der Waals surface area contributed by atoms with E-state index in [1.54, 1.807) is 48.5 Å². The fraction of sp³-hybridized carbons (Fsp3) is 0.143. The molecular weight excluding hydrogens is 490 g/mol. The van der Waals surface area contributed by atoms with Crippen molar-refractivity contribution in [1.29, 1.82) is 0 Å². The zero-order chi connectivity index (χ0) is 26.4. The second kappa shape index (κ2) is 11.5. The van der Waals surface area contributed by atoms with Gasteiger partial charge in [0.1, 0.15) is 5.57 Å². The van der Waals surface area contributed by atoms with E-state index in [2.05, 4.69) is 10.6 Å². The van der Waals surface area contributed by atoms with Crippen LogP contribution in [0.2, 0.25) is 0 Å². The quantitative estimate of drug-likeness (QED) is 0.265. The lowest BCUT2D eigenvalue weighted by molar-refractivity contribution is -0.122. The summed E-state index contributed by atoms with van der Waals surface area (Å²) in [5.41, 5.74) is 2.72. The number of carbonyl (C=O) groups excluding carboxylic acids is 3. The average molecular weight is 516 g/mol. The first-order chi connectivity index (χ1) is 17.9. The highest BCUT2D eigenvalue weighted by Crippen LogP contribution is 2.30. The first-order valence-corrected chi connectivity index (χ1v) is 12.0. The van der Waals surface area contributed by atoms with Gasteiger partial charge in [0.05, 0.1) is 12.3 Å². The molecule has 0 aromatic heterocycles. The lowest BCUT2D eigenvalue weighted by Crippen LogP contribution is -2.54. The van der Waals surface area contributed by atoms with E-state index in [9.17, 15) is 14.4 Å². The molecule has 37 heavy (non-hydrogen) atoms. The molecule has 3 amide bonds. The van der Waals surface area contributed by atoms with Crippen LogP contribution in [0.1, 0.15) is 18.1 Å². The number of aryl methyl sites for hydroxylation is 1. The highest BCUT2D eigenvalue weighted by atomic mass is 32.1. The summed E-state index contributed by atoms with van der Waals surface area (Å²) in [6, 6.07) is 21.2. The van der Waals surface area contributed by atoms with Crippen LogP contribution in [-0.2, 0) is 14.4 Å². The van der Waals surface area contributed by atoms with Crippen molar-refractivity contribution in [3.05, 3.63) is 89.5 Å². The van der Waals surface area contributed by atoms with Crippen LogP contribution in [0.4, 0.5) is 11.4 Å². The summed E-state index contributed by atoms with van der Waals surface area (Å²) in [6.07, 6.45) is 1.46. The van der Waals surface area contributed by atoms with Gasteiger partial charge in [-0.2, -0.15) is 0 Å². The van der Waals surface area contributed by atoms with Crippen molar-refractivity contribution < 1.29 is 23.9 Å². The van der Waals surface area contributed by atoms with Crippen LogP contribution >= 0.6 is 12.2 Å². The molecule has 188 valence electrons.